The van der Waals surface area contributed by atoms with Crippen molar-refractivity contribution >= 4 is 34.7 Å². The number of pyridine rings is 1. The highest BCUT2D eigenvalue weighted by Crippen LogP contribution is 2.31. The summed E-state index contributed by atoms with van der Waals surface area (Å²) in [5.74, 6) is 0.561. The zero-order valence-corrected chi connectivity index (χ0v) is 13.6. The molecule has 9 heteroatoms. The normalized spacial score (nSPS) is 10.3. The molecule has 25 heavy (non-hydrogen) atoms. The molecule has 0 amide bonds. The first-order valence-corrected chi connectivity index (χ1v) is 7.67. The summed E-state index contributed by atoms with van der Waals surface area (Å²) in [6.07, 6.45) is 2.68. The average molecular weight is 357 g/mol. The van der Waals surface area contributed by atoms with E-state index in [0.717, 1.165) is 5.56 Å². The Labute approximate surface area is 148 Å². The average Bonchev–Trinajstić information content (AvgIpc) is 2.62. The Bertz CT molecular complexity index is 874. The molecule has 0 saturated heterocycles. The van der Waals surface area contributed by atoms with Gasteiger partial charge in [0.25, 0.3) is 0 Å². The molecule has 0 radical (unpaired) electrons. The summed E-state index contributed by atoms with van der Waals surface area (Å²) in [5, 5.41) is 17.8. The molecule has 0 saturated carbocycles. The quantitative estimate of drug-likeness (QED) is 0.511. The number of hydrogen-bond donors (Lipinski definition) is 2. The second-order valence-electron chi connectivity index (χ2n) is 5.00. The Kier molecular flexibility index (Phi) is 5.00. The molecule has 2 N–H and O–H groups in total. The lowest BCUT2D eigenvalue weighted by atomic mass is 10.2. The summed E-state index contributed by atoms with van der Waals surface area (Å²) in [6.45, 7) is 0.400. The molecule has 126 valence electrons. The molecule has 0 aliphatic carbocycles. The molecule has 3 rings (SSSR count). The second kappa shape index (κ2) is 7.54. The third-order valence-corrected chi connectivity index (χ3v) is 3.51. The van der Waals surface area contributed by atoms with Crippen LogP contribution < -0.4 is 10.6 Å². The van der Waals surface area contributed by atoms with E-state index < -0.39 is 4.92 Å². The van der Waals surface area contributed by atoms with Crippen LogP contribution in [0.3, 0.4) is 0 Å². The fourth-order valence-corrected chi connectivity index (χ4v) is 2.24. The van der Waals surface area contributed by atoms with Gasteiger partial charge in [0.15, 0.2) is 0 Å². The molecule has 0 fully saturated rings. The number of rotatable bonds is 6. The van der Waals surface area contributed by atoms with Gasteiger partial charge in [-0.2, -0.15) is 0 Å². The molecule has 3 aromatic rings. The molecule has 1 aromatic carbocycles. The first-order chi connectivity index (χ1) is 12.1. The van der Waals surface area contributed by atoms with Crippen molar-refractivity contribution in [1.29, 1.82) is 0 Å². The molecular weight excluding hydrogens is 344 g/mol. The van der Waals surface area contributed by atoms with Gasteiger partial charge in [-0.3, -0.25) is 10.1 Å². The van der Waals surface area contributed by atoms with Crippen LogP contribution in [0.15, 0.2) is 55.0 Å². The van der Waals surface area contributed by atoms with E-state index in [9.17, 15) is 10.1 Å². The Morgan fingerprint density at radius 2 is 1.80 bits per heavy atom. The molecular formula is C16H13ClN6O2. The van der Waals surface area contributed by atoms with E-state index >= 15 is 0 Å². The summed E-state index contributed by atoms with van der Waals surface area (Å²) < 4.78 is 0. The van der Waals surface area contributed by atoms with Crippen LogP contribution in [0, 0.1) is 10.1 Å². The molecule has 2 heterocycles. The van der Waals surface area contributed by atoms with Crippen molar-refractivity contribution in [2.24, 2.45) is 0 Å². The van der Waals surface area contributed by atoms with Gasteiger partial charge in [-0.05, 0) is 17.7 Å². The van der Waals surface area contributed by atoms with Gasteiger partial charge in [0.1, 0.15) is 12.1 Å². The third kappa shape index (κ3) is 4.18. The minimum absolute atomic E-state index is 0.0467. The Hall–Kier alpha value is -3.26. The first-order valence-electron chi connectivity index (χ1n) is 7.29. The highest BCUT2D eigenvalue weighted by atomic mass is 35.5. The number of nitrogens with one attached hydrogen (secondary N) is 2. The van der Waals surface area contributed by atoms with Crippen LogP contribution in [0.4, 0.5) is 23.1 Å². The highest BCUT2D eigenvalue weighted by Gasteiger charge is 2.23. The van der Waals surface area contributed by atoms with Crippen molar-refractivity contribution in [2.45, 2.75) is 6.54 Å². The number of aromatic nitrogens is 3. The summed E-state index contributed by atoms with van der Waals surface area (Å²) in [5.41, 5.74) is 0.722. The highest BCUT2D eigenvalue weighted by molar-refractivity contribution is 6.30. The molecule has 0 bridgehead atoms. The number of anilines is 3. The number of halogens is 1. The van der Waals surface area contributed by atoms with Crippen molar-refractivity contribution in [3.8, 4) is 0 Å². The smallest absolute Gasteiger partial charge is 0.353 e. The number of benzene rings is 1. The molecule has 0 atom stereocenters. The van der Waals surface area contributed by atoms with Crippen LogP contribution in [-0.2, 0) is 6.54 Å². The minimum atomic E-state index is -0.536. The largest absolute Gasteiger partial charge is 0.360 e. The van der Waals surface area contributed by atoms with Crippen molar-refractivity contribution in [3.05, 3.63) is 75.7 Å². The lowest BCUT2D eigenvalue weighted by Gasteiger charge is -2.09. The van der Waals surface area contributed by atoms with Gasteiger partial charge in [0.2, 0.25) is 11.6 Å². The fraction of sp³-hybridized carbons (Fsp3) is 0.0625. The standard InChI is InChI=1S/C16H13ClN6O2/c17-12-6-7-13(18-9-12)22-16-14(23(24)25)15(20-10-21-16)19-8-11-4-2-1-3-5-11/h1-7,9-10H,8H2,(H2,18,19,20,21,22). The Morgan fingerprint density at radius 3 is 2.48 bits per heavy atom. The number of hydrogen-bond acceptors (Lipinski definition) is 7. The molecule has 8 nitrogen and oxygen atoms in total. The zero-order chi connectivity index (χ0) is 17.6. The maximum absolute atomic E-state index is 11.5. The number of nitrogens with zero attached hydrogens (tertiary/aromatic N) is 4. The van der Waals surface area contributed by atoms with Crippen molar-refractivity contribution in [1.82, 2.24) is 15.0 Å². The van der Waals surface area contributed by atoms with E-state index in [0.29, 0.717) is 17.4 Å². The van der Waals surface area contributed by atoms with Gasteiger partial charge in [0, 0.05) is 12.7 Å². The van der Waals surface area contributed by atoms with Crippen LogP contribution in [0.1, 0.15) is 5.56 Å². The lowest BCUT2D eigenvalue weighted by Crippen LogP contribution is -2.08. The maximum atomic E-state index is 11.5. The van der Waals surface area contributed by atoms with E-state index in [1.54, 1.807) is 12.1 Å². The first kappa shape index (κ1) is 16.6. The second-order valence-corrected chi connectivity index (χ2v) is 5.44. The summed E-state index contributed by atoms with van der Waals surface area (Å²) in [6, 6.07) is 12.7. The SMILES string of the molecule is O=[N+]([O-])c1c(NCc2ccccc2)ncnc1Nc1ccc(Cl)cn1. The lowest BCUT2D eigenvalue weighted by molar-refractivity contribution is -0.383. The van der Waals surface area contributed by atoms with E-state index in [1.807, 2.05) is 30.3 Å². The van der Waals surface area contributed by atoms with Crippen LogP contribution in [0.25, 0.3) is 0 Å². The monoisotopic (exact) mass is 356 g/mol. The Balaban J connectivity index is 1.86. The molecule has 2 aromatic heterocycles. The van der Waals surface area contributed by atoms with Crippen molar-refractivity contribution in [3.63, 3.8) is 0 Å². The van der Waals surface area contributed by atoms with E-state index in [-0.39, 0.29) is 17.3 Å². The van der Waals surface area contributed by atoms with Gasteiger partial charge in [-0.25, -0.2) is 15.0 Å². The van der Waals surface area contributed by atoms with Crippen LogP contribution >= 0.6 is 11.6 Å². The molecule has 0 aliphatic rings. The minimum Gasteiger partial charge on any atom is -0.360 e. The molecule has 0 spiro atoms. The van der Waals surface area contributed by atoms with E-state index in [4.69, 9.17) is 11.6 Å². The topological polar surface area (TPSA) is 106 Å². The predicted molar refractivity (Wildman–Crippen MR) is 95.0 cm³/mol. The molecule has 0 unspecified atom stereocenters. The number of nitro groups is 1. The fourth-order valence-electron chi connectivity index (χ4n) is 2.13. The summed E-state index contributed by atoms with van der Waals surface area (Å²) in [4.78, 5) is 23.0. The van der Waals surface area contributed by atoms with Crippen LogP contribution in [0.5, 0.6) is 0 Å². The zero-order valence-electron chi connectivity index (χ0n) is 12.9. The predicted octanol–water partition coefficient (Wildman–Crippen LogP) is 3.79. The van der Waals surface area contributed by atoms with Crippen molar-refractivity contribution in [2.75, 3.05) is 10.6 Å². The van der Waals surface area contributed by atoms with E-state index in [2.05, 4.69) is 25.6 Å². The molecule has 0 aliphatic heterocycles. The third-order valence-electron chi connectivity index (χ3n) is 3.28. The van der Waals surface area contributed by atoms with Crippen molar-refractivity contribution < 1.29 is 4.92 Å². The van der Waals surface area contributed by atoms with E-state index in [1.165, 1.54) is 12.5 Å². The van der Waals surface area contributed by atoms with Gasteiger partial charge < -0.3 is 10.6 Å². The Morgan fingerprint density at radius 1 is 1.04 bits per heavy atom. The van der Waals surface area contributed by atoms with Gasteiger partial charge in [0.05, 0.1) is 9.95 Å². The maximum Gasteiger partial charge on any atom is 0.353 e. The summed E-state index contributed by atoms with van der Waals surface area (Å²) in [7, 11) is 0. The van der Waals surface area contributed by atoms with Gasteiger partial charge >= 0.3 is 5.69 Å². The van der Waals surface area contributed by atoms with Crippen LogP contribution in [0.2, 0.25) is 5.02 Å². The van der Waals surface area contributed by atoms with Crippen LogP contribution in [-0.4, -0.2) is 19.9 Å². The van der Waals surface area contributed by atoms with Gasteiger partial charge in [-0.1, -0.05) is 41.9 Å². The van der Waals surface area contributed by atoms with Gasteiger partial charge in [-0.15, -0.1) is 0 Å². The summed E-state index contributed by atoms with van der Waals surface area (Å²) >= 11 is 5.79.